The molecule has 2 aliphatic rings. The molecule has 38 heavy (non-hydrogen) atoms. The van der Waals surface area contributed by atoms with Crippen LogP contribution in [0.1, 0.15) is 31.2 Å². The van der Waals surface area contributed by atoms with Gasteiger partial charge in [-0.1, -0.05) is 37.1 Å². The normalized spacial score (nSPS) is 20.6. The number of hydrogen-bond acceptors (Lipinski definition) is 7. The number of methoxy groups -OCH3 is 2. The molecule has 1 amide bonds. The van der Waals surface area contributed by atoms with Crippen LogP contribution < -0.4 is 19.7 Å². The molecule has 0 radical (unpaired) electrons. The van der Waals surface area contributed by atoms with Crippen LogP contribution in [0.15, 0.2) is 48.5 Å². The molecule has 1 aromatic heterocycles. The quantitative estimate of drug-likeness (QED) is 0.387. The number of nitrogens with zero attached hydrogens (tertiary/aromatic N) is 3. The molecule has 2 atom stereocenters. The highest BCUT2D eigenvalue weighted by atomic mass is 32.1. The Kier molecular flexibility index (Phi) is 8.81. The fraction of sp³-hybridized carbons (Fsp3) is 0.467. The molecule has 0 bridgehead atoms. The van der Waals surface area contributed by atoms with E-state index in [2.05, 4.69) is 39.4 Å². The number of carbonyl (C=O) groups excluding carboxylic acids is 1. The van der Waals surface area contributed by atoms with Crippen molar-refractivity contribution in [2.75, 3.05) is 58.4 Å². The molecule has 5 rings (SSSR count). The molecule has 2 aromatic carbocycles. The molecule has 1 aliphatic carbocycles. The summed E-state index contributed by atoms with van der Waals surface area (Å²) in [5.74, 6) is 3.51. The lowest BCUT2D eigenvalue weighted by molar-refractivity contribution is -0.116. The van der Waals surface area contributed by atoms with Gasteiger partial charge in [-0.3, -0.25) is 9.69 Å². The summed E-state index contributed by atoms with van der Waals surface area (Å²) in [5, 5.41) is 4.44. The van der Waals surface area contributed by atoms with Gasteiger partial charge in [-0.15, -0.1) is 0 Å². The minimum Gasteiger partial charge on any atom is -0.493 e. The van der Waals surface area contributed by atoms with Gasteiger partial charge in [-0.25, -0.2) is 0 Å². The number of piperazine rings is 1. The Bertz CT molecular complexity index is 1250. The van der Waals surface area contributed by atoms with Gasteiger partial charge in [0.15, 0.2) is 11.5 Å². The van der Waals surface area contributed by atoms with Gasteiger partial charge in [0, 0.05) is 56.3 Å². The first kappa shape index (κ1) is 26.5. The van der Waals surface area contributed by atoms with E-state index in [0.29, 0.717) is 23.3 Å². The summed E-state index contributed by atoms with van der Waals surface area (Å²) in [7, 11) is 3.22. The van der Waals surface area contributed by atoms with Crippen molar-refractivity contribution < 1.29 is 14.3 Å². The van der Waals surface area contributed by atoms with Crippen LogP contribution >= 0.6 is 11.5 Å². The van der Waals surface area contributed by atoms with Crippen LogP contribution in [0.2, 0.25) is 0 Å². The Morgan fingerprint density at radius 2 is 1.82 bits per heavy atom. The van der Waals surface area contributed by atoms with Gasteiger partial charge in [0.05, 0.1) is 18.9 Å². The molecule has 1 N–H and O–H groups in total. The zero-order valence-corrected chi connectivity index (χ0v) is 23.2. The molecule has 202 valence electrons. The Morgan fingerprint density at radius 3 is 2.61 bits per heavy atom. The highest BCUT2D eigenvalue weighted by molar-refractivity contribution is 7.13. The average Bonchev–Trinajstić information content (AvgIpc) is 3.40. The summed E-state index contributed by atoms with van der Waals surface area (Å²) < 4.78 is 16.8. The number of aromatic nitrogens is 1. The third kappa shape index (κ3) is 6.13. The van der Waals surface area contributed by atoms with E-state index in [4.69, 9.17) is 13.8 Å². The summed E-state index contributed by atoms with van der Waals surface area (Å²) in [6.07, 6.45) is 8.35. The third-order valence-electron chi connectivity index (χ3n) is 7.98. The maximum absolute atomic E-state index is 12.7. The van der Waals surface area contributed by atoms with Crippen LogP contribution in [-0.4, -0.2) is 68.7 Å². The van der Waals surface area contributed by atoms with Crippen LogP contribution in [0.4, 0.5) is 5.82 Å². The predicted octanol–water partition coefficient (Wildman–Crippen LogP) is 5.07. The first-order chi connectivity index (χ1) is 18.7. The maximum atomic E-state index is 12.7. The van der Waals surface area contributed by atoms with Gasteiger partial charge in [0.1, 0.15) is 5.82 Å². The van der Waals surface area contributed by atoms with Crippen molar-refractivity contribution in [3.8, 4) is 11.5 Å². The molecule has 3 aromatic rings. The second-order valence-electron chi connectivity index (χ2n) is 10.3. The van der Waals surface area contributed by atoms with E-state index in [1.807, 2.05) is 18.2 Å². The SMILES string of the molecule is COc1cccc(/C=C/C(=O)NC[C@H]2CCCC[C@@H]2CN2CCN(c3nsc4ccccc34)CC2)c1OC. The van der Waals surface area contributed by atoms with Crippen molar-refractivity contribution in [3.63, 3.8) is 0 Å². The van der Waals surface area contributed by atoms with Crippen LogP contribution in [0.5, 0.6) is 11.5 Å². The number of carbonyl (C=O) groups is 1. The number of amides is 1. The average molecular weight is 535 g/mol. The third-order valence-corrected chi connectivity index (χ3v) is 8.79. The number of benzene rings is 2. The minimum atomic E-state index is -0.0664. The smallest absolute Gasteiger partial charge is 0.244 e. The summed E-state index contributed by atoms with van der Waals surface area (Å²) in [6, 6.07) is 14.2. The van der Waals surface area contributed by atoms with E-state index >= 15 is 0 Å². The largest absolute Gasteiger partial charge is 0.493 e. The number of ether oxygens (including phenoxy) is 2. The molecule has 1 aliphatic heterocycles. The van der Waals surface area contributed by atoms with Gasteiger partial charge in [0.2, 0.25) is 5.91 Å². The fourth-order valence-electron chi connectivity index (χ4n) is 5.87. The van der Waals surface area contributed by atoms with Crippen molar-refractivity contribution in [1.29, 1.82) is 0 Å². The van der Waals surface area contributed by atoms with E-state index in [0.717, 1.165) is 50.6 Å². The molecular weight excluding hydrogens is 496 g/mol. The van der Waals surface area contributed by atoms with Gasteiger partial charge >= 0.3 is 0 Å². The standard InChI is InChI=1S/C30H38N4O3S/c1-36-26-12-7-10-22(29(26)37-2)14-15-28(35)31-20-23-8-3-4-9-24(23)21-33-16-18-34(19-17-33)30-25-11-5-6-13-27(25)38-32-30/h5-7,10-15,23-24H,3-4,8-9,16-21H2,1-2H3,(H,31,35)/b15-14+/t23-,24-/m1/s1. The molecule has 7 nitrogen and oxygen atoms in total. The lowest BCUT2D eigenvalue weighted by atomic mass is 9.78. The Hall–Kier alpha value is -3.10. The lowest BCUT2D eigenvalue weighted by Gasteiger charge is -2.40. The number of anilines is 1. The zero-order valence-electron chi connectivity index (χ0n) is 22.4. The molecule has 0 spiro atoms. The van der Waals surface area contributed by atoms with Crippen LogP contribution in [0.25, 0.3) is 16.2 Å². The Labute approximate surface area is 229 Å². The minimum absolute atomic E-state index is 0.0664. The second kappa shape index (κ2) is 12.6. The van der Waals surface area contributed by atoms with Crippen LogP contribution in [0, 0.1) is 11.8 Å². The van der Waals surface area contributed by atoms with E-state index in [1.165, 1.54) is 35.8 Å². The second-order valence-corrected chi connectivity index (χ2v) is 11.1. The van der Waals surface area contributed by atoms with Crippen LogP contribution in [-0.2, 0) is 4.79 Å². The number of para-hydroxylation sites is 1. The summed E-state index contributed by atoms with van der Waals surface area (Å²) in [5.41, 5.74) is 0.822. The van der Waals surface area contributed by atoms with E-state index in [9.17, 15) is 4.79 Å². The van der Waals surface area contributed by atoms with Crippen molar-refractivity contribution in [2.45, 2.75) is 25.7 Å². The van der Waals surface area contributed by atoms with E-state index in [-0.39, 0.29) is 5.91 Å². The van der Waals surface area contributed by atoms with Crippen molar-refractivity contribution in [2.24, 2.45) is 11.8 Å². The molecule has 8 heteroatoms. The molecule has 0 unspecified atom stereocenters. The Morgan fingerprint density at radius 1 is 1.03 bits per heavy atom. The molecular formula is C30H38N4O3S. The van der Waals surface area contributed by atoms with E-state index in [1.54, 1.807) is 37.9 Å². The van der Waals surface area contributed by atoms with Crippen molar-refractivity contribution in [1.82, 2.24) is 14.6 Å². The topological polar surface area (TPSA) is 66.9 Å². The lowest BCUT2D eigenvalue weighted by Crippen LogP contribution is -2.49. The first-order valence-electron chi connectivity index (χ1n) is 13.6. The molecule has 1 saturated heterocycles. The molecule has 2 fully saturated rings. The van der Waals surface area contributed by atoms with Crippen LogP contribution in [0.3, 0.4) is 0 Å². The van der Waals surface area contributed by atoms with Gasteiger partial charge in [-0.2, -0.15) is 4.37 Å². The number of hydrogen-bond donors (Lipinski definition) is 1. The predicted molar refractivity (Wildman–Crippen MR) is 155 cm³/mol. The highest BCUT2D eigenvalue weighted by Gasteiger charge is 2.29. The maximum Gasteiger partial charge on any atom is 0.244 e. The fourth-order valence-corrected chi connectivity index (χ4v) is 6.66. The molecule has 2 heterocycles. The monoisotopic (exact) mass is 534 g/mol. The van der Waals surface area contributed by atoms with Gasteiger partial charge < -0.3 is 19.7 Å². The summed E-state index contributed by atoms with van der Waals surface area (Å²) in [4.78, 5) is 17.7. The summed E-state index contributed by atoms with van der Waals surface area (Å²) in [6.45, 7) is 6.00. The Balaban J connectivity index is 1.12. The van der Waals surface area contributed by atoms with Crippen molar-refractivity contribution >= 4 is 39.4 Å². The van der Waals surface area contributed by atoms with Gasteiger partial charge in [-0.05, 0) is 60.5 Å². The highest BCUT2D eigenvalue weighted by Crippen LogP contribution is 2.33. The number of rotatable bonds is 9. The zero-order chi connectivity index (χ0) is 26.3. The molecule has 1 saturated carbocycles. The first-order valence-corrected chi connectivity index (χ1v) is 14.4. The summed E-state index contributed by atoms with van der Waals surface area (Å²) >= 11 is 1.59. The number of nitrogens with one attached hydrogen (secondary N) is 1. The van der Waals surface area contributed by atoms with Gasteiger partial charge in [0.25, 0.3) is 0 Å². The van der Waals surface area contributed by atoms with Crippen molar-refractivity contribution in [3.05, 3.63) is 54.1 Å². The number of fused-ring (bicyclic) bond motifs is 1. The van der Waals surface area contributed by atoms with E-state index < -0.39 is 0 Å².